The Morgan fingerprint density at radius 3 is 2.58 bits per heavy atom. The third kappa shape index (κ3) is 4.91. The number of thioether (sulfide) groups is 2. The number of hydrogen-bond acceptors (Lipinski definition) is 7. The highest BCUT2D eigenvalue weighted by Crippen LogP contribution is 2.56. The van der Waals surface area contributed by atoms with Crippen LogP contribution in [0, 0.1) is 17.3 Å². The second-order valence-corrected chi connectivity index (χ2v) is 14.5. The van der Waals surface area contributed by atoms with Crippen LogP contribution in [0.1, 0.15) is 52.9 Å². The van der Waals surface area contributed by atoms with Crippen LogP contribution in [0.5, 0.6) is 0 Å². The van der Waals surface area contributed by atoms with E-state index < -0.39 is 21.5 Å². The topological polar surface area (TPSA) is 73.3 Å². The van der Waals surface area contributed by atoms with Gasteiger partial charge in [-0.15, -0.1) is 23.5 Å². The van der Waals surface area contributed by atoms with E-state index >= 15 is 0 Å². The SMILES string of the molecule is CC(C)(C)C(=O)O[C@@H]1CC[C@@H]2C(=O)C(S(=O)c3ccccn3)CCC3(C[C@@H]21)SCCS3. The summed E-state index contributed by atoms with van der Waals surface area (Å²) in [4.78, 5) is 30.5. The number of ketones is 1. The molecule has 5 atom stereocenters. The van der Waals surface area contributed by atoms with Crippen LogP contribution in [-0.4, -0.2) is 47.9 Å². The van der Waals surface area contributed by atoms with E-state index in [4.69, 9.17) is 4.74 Å². The standard InChI is InChI=1S/C23H31NO4S3/c1-22(2,3)21(26)28-17-8-7-15-16(17)14-23(29-12-13-30-23)10-9-18(20(15)25)31(27)19-6-4-5-11-24-19/h4-6,11,15-18H,7-10,12-14H2,1-3H3/t15-,16-,17+,18?,31?/m0/s1. The number of Topliss-reactive ketones (excluding diaryl/α,β-unsaturated/α-hetero) is 1. The quantitative estimate of drug-likeness (QED) is 0.590. The molecule has 2 heterocycles. The van der Waals surface area contributed by atoms with Crippen molar-refractivity contribution in [1.29, 1.82) is 0 Å². The number of nitrogens with zero attached hydrogens (tertiary/aromatic N) is 1. The van der Waals surface area contributed by atoms with Crippen molar-refractivity contribution in [2.75, 3.05) is 11.5 Å². The van der Waals surface area contributed by atoms with E-state index in [-0.39, 0.29) is 33.8 Å². The highest BCUT2D eigenvalue weighted by molar-refractivity contribution is 8.21. The van der Waals surface area contributed by atoms with Gasteiger partial charge in [0.15, 0.2) is 5.78 Å². The minimum atomic E-state index is -1.47. The van der Waals surface area contributed by atoms with Gasteiger partial charge in [-0.2, -0.15) is 0 Å². The maximum Gasteiger partial charge on any atom is 0.311 e. The monoisotopic (exact) mass is 481 g/mol. The molecule has 1 saturated heterocycles. The van der Waals surface area contributed by atoms with Crippen molar-refractivity contribution >= 4 is 46.1 Å². The third-order valence-corrected chi connectivity index (χ3v) is 11.8. The lowest BCUT2D eigenvalue weighted by Crippen LogP contribution is -2.43. The molecular weight excluding hydrogens is 450 g/mol. The normalized spacial score (nSPS) is 31.6. The summed E-state index contributed by atoms with van der Waals surface area (Å²) in [5, 5.41) is -0.0640. The maximum absolute atomic E-state index is 13.7. The van der Waals surface area contributed by atoms with Crippen molar-refractivity contribution in [1.82, 2.24) is 4.98 Å². The number of fused-ring (bicyclic) bond motifs is 1. The summed E-state index contributed by atoms with van der Waals surface area (Å²) in [6, 6.07) is 5.36. The minimum absolute atomic E-state index is 0.000400. The van der Waals surface area contributed by atoms with E-state index in [1.807, 2.05) is 50.4 Å². The van der Waals surface area contributed by atoms with Crippen LogP contribution in [0.4, 0.5) is 0 Å². The zero-order valence-corrected chi connectivity index (χ0v) is 20.8. The van der Waals surface area contributed by atoms with Gasteiger partial charge in [0.1, 0.15) is 11.1 Å². The molecule has 2 saturated carbocycles. The van der Waals surface area contributed by atoms with Gasteiger partial charge in [0.25, 0.3) is 0 Å². The van der Waals surface area contributed by atoms with E-state index in [2.05, 4.69) is 4.98 Å². The molecule has 1 aromatic heterocycles. The fourth-order valence-electron chi connectivity index (χ4n) is 4.90. The molecule has 170 valence electrons. The van der Waals surface area contributed by atoms with Gasteiger partial charge >= 0.3 is 5.97 Å². The van der Waals surface area contributed by atoms with Crippen molar-refractivity contribution in [3.05, 3.63) is 24.4 Å². The predicted molar refractivity (Wildman–Crippen MR) is 126 cm³/mol. The van der Waals surface area contributed by atoms with E-state index in [0.29, 0.717) is 24.3 Å². The number of aromatic nitrogens is 1. The summed E-state index contributed by atoms with van der Waals surface area (Å²) < 4.78 is 19.4. The fraction of sp³-hybridized carbons (Fsp3) is 0.696. The Hall–Kier alpha value is -0.860. The van der Waals surface area contributed by atoms with Gasteiger partial charge in [-0.1, -0.05) is 6.07 Å². The van der Waals surface area contributed by atoms with Crippen LogP contribution in [0.3, 0.4) is 0 Å². The van der Waals surface area contributed by atoms with Crippen molar-refractivity contribution in [2.45, 2.75) is 73.3 Å². The lowest BCUT2D eigenvalue weighted by atomic mass is 9.81. The molecule has 0 bridgehead atoms. The van der Waals surface area contributed by atoms with Gasteiger partial charge in [-0.25, -0.2) is 4.98 Å². The largest absolute Gasteiger partial charge is 0.462 e. The first kappa shape index (κ1) is 23.3. The Labute approximate surface area is 195 Å². The molecule has 3 fully saturated rings. The van der Waals surface area contributed by atoms with E-state index in [9.17, 15) is 13.8 Å². The summed E-state index contributed by atoms with van der Waals surface area (Å²) in [6.07, 6.45) is 5.15. The van der Waals surface area contributed by atoms with Crippen molar-refractivity contribution in [3.8, 4) is 0 Å². The molecule has 5 nitrogen and oxygen atoms in total. The third-order valence-electron chi connectivity index (χ3n) is 6.56. The first-order valence-electron chi connectivity index (χ1n) is 11.0. The van der Waals surface area contributed by atoms with Crippen LogP contribution >= 0.6 is 23.5 Å². The highest BCUT2D eigenvalue weighted by Gasteiger charge is 2.52. The molecule has 2 aliphatic carbocycles. The molecule has 8 heteroatoms. The van der Waals surface area contributed by atoms with Gasteiger partial charge in [-0.05, 0) is 65.0 Å². The lowest BCUT2D eigenvalue weighted by molar-refractivity contribution is -0.161. The molecule has 1 aromatic rings. The molecule has 1 spiro atoms. The molecule has 3 aliphatic rings. The first-order chi connectivity index (χ1) is 14.7. The molecule has 1 aliphatic heterocycles. The van der Waals surface area contributed by atoms with Crippen LogP contribution in [0.25, 0.3) is 0 Å². The number of carbonyl (C=O) groups is 2. The molecule has 2 unspecified atom stereocenters. The minimum Gasteiger partial charge on any atom is -0.462 e. The maximum atomic E-state index is 13.7. The summed E-state index contributed by atoms with van der Waals surface area (Å²) in [6.45, 7) is 5.59. The van der Waals surface area contributed by atoms with E-state index in [1.54, 1.807) is 18.3 Å². The lowest BCUT2D eigenvalue weighted by Gasteiger charge is -2.38. The van der Waals surface area contributed by atoms with Crippen LogP contribution in [0.15, 0.2) is 29.4 Å². The summed E-state index contributed by atoms with van der Waals surface area (Å²) in [5.41, 5.74) is -0.568. The Balaban J connectivity index is 1.63. The van der Waals surface area contributed by atoms with Gasteiger partial charge < -0.3 is 4.74 Å². The molecule has 0 N–H and O–H groups in total. The Morgan fingerprint density at radius 2 is 1.94 bits per heavy atom. The number of carbonyl (C=O) groups excluding carboxylic acids is 2. The Bertz CT molecular complexity index is 848. The van der Waals surface area contributed by atoms with E-state index in [1.165, 1.54) is 0 Å². The van der Waals surface area contributed by atoms with Crippen LogP contribution in [0.2, 0.25) is 0 Å². The molecule has 0 amide bonds. The van der Waals surface area contributed by atoms with Crippen molar-refractivity contribution in [2.24, 2.45) is 17.3 Å². The second kappa shape index (κ2) is 9.18. The van der Waals surface area contributed by atoms with Gasteiger partial charge in [0.2, 0.25) is 0 Å². The molecule has 4 rings (SSSR count). The Morgan fingerprint density at radius 1 is 1.19 bits per heavy atom. The van der Waals surface area contributed by atoms with Gasteiger partial charge in [0, 0.05) is 29.5 Å². The van der Waals surface area contributed by atoms with Gasteiger partial charge in [-0.3, -0.25) is 13.8 Å². The fourth-order valence-corrected chi connectivity index (χ4v) is 9.67. The summed E-state index contributed by atoms with van der Waals surface area (Å²) in [7, 11) is -1.47. The van der Waals surface area contributed by atoms with Crippen LogP contribution < -0.4 is 0 Å². The van der Waals surface area contributed by atoms with Crippen molar-refractivity contribution in [3.63, 3.8) is 0 Å². The second-order valence-electron chi connectivity index (χ2n) is 9.75. The average molecular weight is 482 g/mol. The summed E-state index contributed by atoms with van der Waals surface area (Å²) in [5.74, 6) is 1.86. The van der Waals surface area contributed by atoms with Crippen molar-refractivity contribution < 1.29 is 18.5 Å². The van der Waals surface area contributed by atoms with E-state index in [0.717, 1.165) is 24.3 Å². The van der Waals surface area contributed by atoms with Crippen LogP contribution in [-0.2, 0) is 25.1 Å². The Kier molecular flexibility index (Phi) is 6.90. The number of esters is 1. The molecule has 0 aromatic carbocycles. The first-order valence-corrected chi connectivity index (χ1v) is 14.2. The number of hydrogen-bond donors (Lipinski definition) is 0. The number of ether oxygens (including phenoxy) is 1. The number of rotatable bonds is 3. The zero-order valence-electron chi connectivity index (χ0n) is 18.4. The zero-order chi connectivity index (χ0) is 22.2. The highest BCUT2D eigenvalue weighted by atomic mass is 32.2. The smallest absolute Gasteiger partial charge is 0.311 e. The number of pyridine rings is 1. The molecule has 0 radical (unpaired) electrons. The molecule has 31 heavy (non-hydrogen) atoms. The predicted octanol–water partition coefficient (Wildman–Crippen LogP) is 4.47. The van der Waals surface area contributed by atoms with Gasteiger partial charge in [0.05, 0.1) is 25.5 Å². The average Bonchev–Trinajstić information content (AvgIpc) is 3.35. The summed E-state index contributed by atoms with van der Waals surface area (Å²) >= 11 is 3.94. The molecular formula is C23H31NO4S3.